The minimum absolute atomic E-state index is 0.0772. The van der Waals surface area contributed by atoms with Gasteiger partial charge in [-0.15, -0.1) is 0 Å². The average molecular weight is 433 g/mol. The van der Waals surface area contributed by atoms with Gasteiger partial charge in [-0.3, -0.25) is 9.78 Å². The molecule has 152 valence electrons. The molecule has 0 bridgehead atoms. The summed E-state index contributed by atoms with van der Waals surface area (Å²) in [7, 11) is 24.4. The first kappa shape index (κ1) is 23.9. The van der Waals surface area contributed by atoms with E-state index in [0.717, 1.165) is 16.5 Å². The molecule has 0 aliphatic carbocycles. The van der Waals surface area contributed by atoms with Crippen LogP contribution in [-0.4, -0.2) is 70.1 Å². The Morgan fingerprint density at radius 2 is 2.03 bits per heavy atom. The lowest BCUT2D eigenvalue weighted by atomic mass is 9.45. The zero-order valence-electron chi connectivity index (χ0n) is 17.0. The molecule has 0 saturated carbocycles. The summed E-state index contributed by atoms with van der Waals surface area (Å²) >= 11 is 5.75. The Labute approximate surface area is 191 Å². The van der Waals surface area contributed by atoms with Crippen LogP contribution in [0.2, 0.25) is 5.02 Å². The van der Waals surface area contributed by atoms with Gasteiger partial charge >= 0.3 is 0 Å². The van der Waals surface area contributed by atoms with E-state index in [0.29, 0.717) is 5.69 Å². The van der Waals surface area contributed by atoms with Gasteiger partial charge in [0, 0.05) is 24.8 Å². The van der Waals surface area contributed by atoms with E-state index in [1.807, 2.05) is 13.0 Å². The number of carbonyl (C=O) groups is 1. The standard InChI is InChI=1S/C20H18B4ClF2N3O/c1-12-2-4-14(28-9-12)10-29-20(23,24)18(27)6-7-30(19(21,22)11-18)17(31)13-3-5-16(26)15(25)8-13/h2-5,8-9,29H,6-7,10-11H2,1H3. The third-order valence-electron chi connectivity index (χ3n) is 5.49. The Kier molecular flexibility index (Phi) is 6.64. The van der Waals surface area contributed by atoms with Crippen molar-refractivity contribution in [3.63, 3.8) is 0 Å². The number of hydrogen-bond donors (Lipinski definition) is 1. The largest absolute Gasteiger partial charge is 0.350 e. The van der Waals surface area contributed by atoms with Gasteiger partial charge in [-0.2, -0.15) is 0 Å². The number of halogens is 3. The summed E-state index contributed by atoms with van der Waals surface area (Å²) in [6.07, 6.45) is 0.931. The summed E-state index contributed by atoms with van der Waals surface area (Å²) in [6, 6.07) is 7.11. The topological polar surface area (TPSA) is 45.2 Å². The van der Waals surface area contributed by atoms with Crippen LogP contribution in [0.1, 0.15) is 34.5 Å². The summed E-state index contributed by atoms with van der Waals surface area (Å²) in [4.78, 5) is 18.2. The van der Waals surface area contributed by atoms with E-state index < -0.39 is 34.5 Å². The number of aryl methyl sites for hydroxylation is 1. The highest BCUT2D eigenvalue weighted by atomic mass is 35.5. The van der Waals surface area contributed by atoms with Crippen molar-refractivity contribution in [1.82, 2.24) is 15.2 Å². The third kappa shape index (κ3) is 5.01. The molecule has 8 radical (unpaired) electrons. The number of carbonyl (C=O) groups excluding carboxylic acids is 1. The second-order valence-corrected chi connectivity index (χ2v) is 8.43. The zero-order chi connectivity index (χ0) is 23.0. The monoisotopic (exact) mass is 433 g/mol. The molecule has 3 rings (SSSR count). The quantitative estimate of drug-likeness (QED) is 0.734. The number of rotatable bonds is 5. The molecule has 1 aromatic carbocycles. The first-order chi connectivity index (χ1) is 14.3. The number of likely N-dealkylation sites (tertiary alicyclic amines) is 1. The molecule has 2 heterocycles. The van der Waals surface area contributed by atoms with Crippen LogP contribution in [-0.2, 0) is 6.54 Å². The van der Waals surface area contributed by atoms with Crippen LogP contribution >= 0.6 is 11.6 Å². The van der Waals surface area contributed by atoms with Gasteiger partial charge in [-0.1, -0.05) is 17.7 Å². The molecule has 1 aromatic heterocycles. The molecule has 1 amide bonds. The number of piperidine rings is 1. The van der Waals surface area contributed by atoms with Crippen molar-refractivity contribution in [2.24, 2.45) is 0 Å². The number of hydrogen-bond acceptors (Lipinski definition) is 3. The molecule has 1 N–H and O–H groups in total. The summed E-state index contributed by atoms with van der Waals surface area (Å²) in [5.41, 5.74) is -0.540. The molecule has 1 aliphatic heterocycles. The van der Waals surface area contributed by atoms with Crippen LogP contribution in [0.25, 0.3) is 0 Å². The van der Waals surface area contributed by atoms with Crippen LogP contribution in [0.3, 0.4) is 0 Å². The Morgan fingerprint density at radius 3 is 2.61 bits per heavy atom. The number of benzene rings is 1. The van der Waals surface area contributed by atoms with Gasteiger partial charge in [-0.05, 0) is 60.3 Å². The van der Waals surface area contributed by atoms with E-state index in [-0.39, 0.29) is 30.1 Å². The smallest absolute Gasteiger partial charge is 0.253 e. The Balaban J connectivity index is 1.74. The van der Waals surface area contributed by atoms with Gasteiger partial charge in [-0.25, -0.2) is 8.78 Å². The van der Waals surface area contributed by atoms with Gasteiger partial charge in [0.15, 0.2) is 0 Å². The van der Waals surface area contributed by atoms with E-state index in [2.05, 4.69) is 10.3 Å². The van der Waals surface area contributed by atoms with Gasteiger partial charge in [0.05, 0.1) is 42.1 Å². The first-order valence-electron chi connectivity index (χ1n) is 9.63. The van der Waals surface area contributed by atoms with Crippen molar-refractivity contribution in [1.29, 1.82) is 0 Å². The Bertz CT molecular complexity index is 977. The van der Waals surface area contributed by atoms with Crippen LogP contribution in [0.5, 0.6) is 0 Å². The molecule has 0 spiro atoms. The molecule has 1 fully saturated rings. The predicted molar refractivity (Wildman–Crippen MR) is 120 cm³/mol. The summed E-state index contributed by atoms with van der Waals surface area (Å²) in [6.45, 7) is 1.86. The lowest BCUT2D eigenvalue weighted by Crippen LogP contribution is -2.70. The van der Waals surface area contributed by atoms with Gasteiger partial charge in [0.1, 0.15) is 11.5 Å². The maximum absolute atomic E-state index is 15.9. The fourth-order valence-electron chi connectivity index (χ4n) is 3.56. The third-order valence-corrected chi connectivity index (χ3v) is 5.77. The molecule has 1 saturated heterocycles. The number of pyridine rings is 1. The number of alkyl halides is 1. The number of amides is 1. The van der Waals surface area contributed by atoms with Crippen molar-refractivity contribution < 1.29 is 13.6 Å². The molecule has 1 atom stereocenters. The molecular formula is C20H18B4ClF2N3O. The van der Waals surface area contributed by atoms with Gasteiger partial charge < -0.3 is 10.2 Å². The highest BCUT2D eigenvalue weighted by Crippen LogP contribution is 2.40. The van der Waals surface area contributed by atoms with E-state index in [4.69, 9.17) is 43.0 Å². The average Bonchev–Trinajstić information content (AvgIpc) is 2.68. The van der Waals surface area contributed by atoms with Crippen LogP contribution in [0.4, 0.5) is 8.78 Å². The van der Waals surface area contributed by atoms with Gasteiger partial charge in [0.25, 0.3) is 5.91 Å². The second-order valence-electron chi connectivity index (χ2n) is 8.02. The van der Waals surface area contributed by atoms with Crippen molar-refractivity contribution in [3.8, 4) is 0 Å². The lowest BCUT2D eigenvalue weighted by molar-refractivity contribution is 0.0104. The van der Waals surface area contributed by atoms with Crippen molar-refractivity contribution in [3.05, 3.63) is 64.2 Å². The van der Waals surface area contributed by atoms with Crippen molar-refractivity contribution >= 4 is 48.9 Å². The molecule has 11 heteroatoms. The van der Waals surface area contributed by atoms with Crippen LogP contribution < -0.4 is 5.32 Å². The maximum atomic E-state index is 15.9. The molecule has 1 unspecified atom stereocenters. The second kappa shape index (κ2) is 8.62. The minimum Gasteiger partial charge on any atom is -0.350 e. The van der Waals surface area contributed by atoms with E-state index in [1.54, 1.807) is 12.3 Å². The maximum Gasteiger partial charge on any atom is 0.253 e. The normalized spacial score (nSPS) is 21.1. The minimum atomic E-state index is -2.22. The molecule has 31 heavy (non-hydrogen) atoms. The first-order valence-corrected chi connectivity index (χ1v) is 10.0. The highest BCUT2D eigenvalue weighted by molar-refractivity contribution is 6.43. The van der Waals surface area contributed by atoms with E-state index >= 15 is 4.39 Å². The predicted octanol–water partition coefficient (Wildman–Crippen LogP) is 1.90. The van der Waals surface area contributed by atoms with Crippen molar-refractivity contribution in [2.75, 3.05) is 6.54 Å². The molecule has 1 aliphatic rings. The van der Waals surface area contributed by atoms with Crippen LogP contribution in [0, 0.1) is 12.7 Å². The fourth-order valence-corrected chi connectivity index (χ4v) is 3.74. The summed E-state index contributed by atoms with van der Waals surface area (Å²) < 4.78 is 29.3. The number of nitrogens with zero attached hydrogens (tertiary/aromatic N) is 2. The lowest BCUT2D eigenvalue weighted by Gasteiger charge is -2.55. The fraction of sp³-hybridized carbons (Fsp3) is 0.400. The van der Waals surface area contributed by atoms with Crippen molar-refractivity contribution in [2.45, 2.75) is 42.7 Å². The number of aromatic nitrogens is 1. The van der Waals surface area contributed by atoms with E-state index in [9.17, 15) is 9.18 Å². The summed E-state index contributed by atoms with van der Waals surface area (Å²) in [5, 5.41) is -1.32. The molecule has 4 nitrogen and oxygen atoms in total. The van der Waals surface area contributed by atoms with Gasteiger partial charge in [0.2, 0.25) is 0 Å². The molecule has 2 aromatic rings. The van der Waals surface area contributed by atoms with Crippen LogP contribution in [0.15, 0.2) is 36.5 Å². The summed E-state index contributed by atoms with van der Waals surface area (Å²) in [5.74, 6) is -1.28. The SMILES string of the molecule is [B]C1([B])CC(F)(C([B])([B])NCc2ccc(C)cn2)CCN1C(=O)c1ccc(F)c(Cl)c1. The van der Waals surface area contributed by atoms with E-state index in [1.165, 1.54) is 12.1 Å². The molecular weight excluding hydrogens is 415 g/mol. The number of nitrogens with one attached hydrogen (secondary N) is 1. The zero-order valence-corrected chi connectivity index (χ0v) is 17.8. The Hall–Kier alpha value is -1.79. The highest BCUT2D eigenvalue weighted by Gasteiger charge is 2.52. The Morgan fingerprint density at radius 1 is 1.32 bits per heavy atom.